The van der Waals surface area contributed by atoms with Crippen molar-refractivity contribution in [1.82, 2.24) is 9.78 Å². The Morgan fingerprint density at radius 3 is 2.71 bits per heavy atom. The third-order valence-electron chi connectivity index (χ3n) is 3.56. The van der Waals surface area contributed by atoms with E-state index < -0.39 is 0 Å². The molecule has 1 aliphatic rings. The summed E-state index contributed by atoms with van der Waals surface area (Å²) in [4.78, 5) is 0. The number of halogens is 1. The zero-order valence-electron chi connectivity index (χ0n) is 10.4. The first-order chi connectivity index (χ1) is 8.09. The minimum Gasteiger partial charge on any atom is -0.381 e. The molecule has 1 unspecified atom stereocenters. The molecule has 0 saturated carbocycles. The van der Waals surface area contributed by atoms with E-state index in [1.54, 1.807) is 0 Å². The van der Waals surface area contributed by atoms with Gasteiger partial charge in [-0.05, 0) is 25.7 Å². The molecule has 0 aliphatic carbocycles. The number of hydrogen-bond donors (Lipinski definition) is 1. The summed E-state index contributed by atoms with van der Waals surface area (Å²) in [6.45, 7) is 3.58. The van der Waals surface area contributed by atoms with Gasteiger partial charge in [-0.15, -0.1) is 0 Å². The van der Waals surface area contributed by atoms with Gasteiger partial charge in [-0.3, -0.25) is 4.68 Å². The van der Waals surface area contributed by atoms with Gasteiger partial charge in [0.2, 0.25) is 0 Å². The fourth-order valence-electron chi connectivity index (χ4n) is 2.44. The predicted octanol–water partition coefficient (Wildman–Crippen LogP) is 1.68. The van der Waals surface area contributed by atoms with E-state index in [0.717, 1.165) is 48.9 Å². The minimum atomic E-state index is 0.145. The molecule has 17 heavy (non-hydrogen) atoms. The first-order valence-electron chi connectivity index (χ1n) is 6.11. The molecule has 1 aromatic heterocycles. The Morgan fingerprint density at radius 1 is 1.53 bits per heavy atom. The Labute approximate surface area is 107 Å². The molecule has 0 radical (unpaired) electrons. The number of rotatable bonds is 3. The van der Waals surface area contributed by atoms with Crippen LogP contribution < -0.4 is 5.73 Å². The Balaban J connectivity index is 2.04. The molecule has 2 rings (SSSR count). The fourth-order valence-corrected chi connectivity index (χ4v) is 2.67. The summed E-state index contributed by atoms with van der Waals surface area (Å²) < 4.78 is 7.20. The van der Waals surface area contributed by atoms with Gasteiger partial charge in [0, 0.05) is 32.7 Å². The van der Waals surface area contributed by atoms with Crippen molar-refractivity contribution in [3.8, 4) is 0 Å². The van der Waals surface area contributed by atoms with Gasteiger partial charge in [0.05, 0.1) is 16.4 Å². The zero-order valence-corrected chi connectivity index (χ0v) is 11.2. The molecule has 1 aliphatic heterocycles. The standard InChI is InChI=1S/C12H20ClN3O/c1-8-12(13)11(16(2)15-8)7-10(14)9-3-5-17-6-4-9/h9-10H,3-7,14H2,1-2H3. The van der Waals surface area contributed by atoms with Crippen LogP contribution in [-0.4, -0.2) is 29.0 Å². The molecule has 1 fully saturated rings. The maximum Gasteiger partial charge on any atom is 0.0847 e. The van der Waals surface area contributed by atoms with Gasteiger partial charge in [0.15, 0.2) is 0 Å². The molecule has 0 bridgehead atoms. The highest BCUT2D eigenvalue weighted by atomic mass is 35.5. The second-order valence-electron chi connectivity index (χ2n) is 4.79. The first-order valence-corrected chi connectivity index (χ1v) is 6.48. The van der Waals surface area contributed by atoms with Gasteiger partial charge in [-0.25, -0.2) is 0 Å². The van der Waals surface area contributed by atoms with E-state index in [0.29, 0.717) is 5.92 Å². The van der Waals surface area contributed by atoms with Gasteiger partial charge in [-0.1, -0.05) is 11.6 Å². The van der Waals surface area contributed by atoms with Gasteiger partial charge in [0.1, 0.15) is 0 Å². The quantitative estimate of drug-likeness (QED) is 0.896. The summed E-state index contributed by atoms with van der Waals surface area (Å²) in [5.41, 5.74) is 8.19. The SMILES string of the molecule is Cc1nn(C)c(CC(N)C2CCOCC2)c1Cl. The topological polar surface area (TPSA) is 53.1 Å². The molecular formula is C12H20ClN3O. The van der Waals surface area contributed by atoms with Gasteiger partial charge < -0.3 is 10.5 Å². The average Bonchev–Trinajstić information content (AvgIpc) is 2.57. The average molecular weight is 258 g/mol. The fraction of sp³-hybridized carbons (Fsp3) is 0.750. The number of ether oxygens (including phenoxy) is 1. The lowest BCUT2D eigenvalue weighted by atomic mass is 9.89. The summed E-state index contributed by atoms with van der Waals surface area (Å²) in [5.74, 6) is 0.537. The highest BCUT2D eigenvalue weighted by Gasteiger charge is 2.23. The van der Waals surface area contributed by atoms with E-state index in [1.807, 2.05) is 18.7 Å². The maximum absolute atomic E-state index is 6.27. The molecule has 1 aromatic rings. The molecular weight excluding hydrogens is 238 g/mol. The van der Waals surface area contributed by atoms with E-state index in [4.69, 9.17) is 22.1 Å². The summed E-state index contributed by atoms with van der Waals surface area (Å²) in [7, 11) is 1.92. The number of hydrogen-bond acceptors (Lipinski definition) is 3. The molecule has 1 saturated heterocycles. The van der Waals surface area contributed by atoms with Crippen LogP contribution in [0.4, 0.5) is 0 Å². The molecule has 0 spiro atoms. The number of nitrogens with two attached hydrogens (primary N) is 1. The lowest BCUT2D eigenvalue weighted by Gasteiger charge is -2.27. The third-order valence-corrected chi connectivity index (χ3v) is 4.05. The summed E-state index contributed by atoms with van der Waals surface area (Å²) in [6, 6.07) is 0.145. The van der Waals surface area contributed by atoms with Crippen LogP contribution in [0.1, 0.15) is 24.2 Å². The van der Waals surface area contributed by atoms with Crippen LogP contribution in [0, 0.1) is 12.8 Å². The second kappa shape index (κ2) is 5.38. The van der Waals surface area contributed by atoms with Crippen molar-refractivity contribution in [2.75, 3.05) is 13.2 Å². The Bertz CT molecular complexity index is 385. The maximum atomic E-state index is 6.27. The van der Waals surface area contributed by atoms with E-state index in [9.17, 15) is 0 Å². The van der Waals surface area contributed by atoms with Crippen LogP contribution in [0.2, 0.25) is 5.02 Å². The number of aryl methyl sites for hydroxylation is 2. The minimum absolute atomic E-state index is 0.145. The van der Waals surface area contributed by atoms with Crippen molar-refractivity contribution >= 4 is 11.6 Å². The lowest BCUT2D eigenvalue weighted by Crippen LogP contribution is -2.36. The smallest absolute Gasteiger partial charge is 0.0847 e. The molecule has 5 heteroatoms. The van der Waals surface area contributed by atoms with Crippen LogP contribution in [0.3, 0.4) is 0 Å². The Hall–Kier alpha value is -0.580. The largest absolute Gasteiger partial charge is 0.381 e. The second-order valence-corrected chi connectivity index (χ2v) is 5.17. The van der Waals surface area contributed by atoms with E-state index in [-0.39, 0.29) is 6.04 Å². The summed E-state index contributed by atoms with van der Waals surface area (Å²) in [6.07, 6.45) is 2.89. The molecule has 1 atom stereocenters. The zero-order chi connectivity index (χ0) is 12.4. The molecule has 2 heterocycles. The monoisotopic (exact) mass is 257 g/mol. The van der Waals surface area contributed by atoms with Gasteiger partial charge >= 0.3 is 0 Å². The van der Waals surface area contributed by atoms with Gasteiger partial charge in [-0.2, -0.15) is 5.10 Å². The molecule has 0 amide bonds. The lowest BCUT2D eigenvalue weighted by molar-refractivity contribution is 0.0583. The van der Waals surface area contributed by atoms with E-state index >= 15 is 0 Å². The van der Waals surface area contributed by atoms with Crippen molar-refractivity contribution in [3.05, 3.63) is 16.4 Å². The van der Waals surface area contributed by atoms with Crippen molar-refractivity contribution in [1.29, 1.82) is 0 Å². The van der Waals surface area contributed by atoms with Crippen LogP contribution in [0.5, 0.6) is 0 Å². The summed E-state index contributed by atoms with van der Waals surface area (Å²) in [5, 5.41) is 5.07. The van der Waals surface area contributed by atoms with Crippen molar-refractivity contribution in [3.63, 3.8) is 0 Å². The van der Waals surface area contributed by atoms with Crippen LogP contribution >= 0.6 is 11.6 Å². The van der Waals surface area contributed by atoms with Gasteiger partial charge in [0.25, 0.3) is 0 Å². The predicted molar refractivity (Wildman–Crippen MR) is 68.2 cm³/mol. The van der Waals surface area contributed by atoms with Crippen molar-refractivity contribution in [2.24, 2.45) is 18.7 Å². The first kappa shape index (κ1) is 12.9. The molecule has 96 valence electrons. The normalized spacial score (nSPS) is 19.5. The molecule has 4 nitrogen and oxygen atoms in total. The number of nitrogens with zero attached hydrogens (tertiary/aromatic N) is 2. The van der Waals surface area contributed by atoms with Crippen molar-refractivity contribution < 1.29 is 4.74 Å². The highest BCUT2D eigenvalue weighted by molar-refractivity contribution is 6.31. The molecule has 0 aromatic carbocycles. The molecule has 2 N–H and O–H groups in total. The van der Waals surface area contributed by atoms with Crippen LogP contribution in [-0.2, 0) is 18.2 Å². The van der Waals surface area contributed by atoms with E-state index in [2.05, 4.69) is 5.10 Å². The Kier molecular flexibility index (Phi) is 4.07. The Morgan fingerprint density at radius 2 is 2.18 bits per heavy atom. The van der Waals surface area contributed by atoms with Crippen molar-refractivity contribution in [2.45, 2.75) is 32.2 Å². The van der Waals surface area contributed by atoms with Crippen LogP contribution in [0.15, 0.2) is 0 Å². The number of aromatic nitrogens is 2. The third kappa shape index (κ3) is 2.81. The van der Waals surface area contributed by atoms with E-state index in [1.165, 1.54) is 0 Å². The highest BCUT2D eigenvalue weighted by Crippen LogP contribution is 2.25. The van der Waals surface area contributed by atoms with Crippen LogP contribution in [0.25, 0.3) is 0 Å². The summed E-state index contributed by atoms with van der Waals surface area (Å²) >= 11 is 6.23.